The van der Waals surface area contributed by atoms with Crippen molar-refractivity contribution in [3.05, 3.63) is 35.6 Å². The van der Waals surface area contributed by atoms with Gasteiger partial charge in [-0.3, -0.25) is 0 Å². The van der Waals surface area contributed by atoms with Crippen molar-refractivity contribution in [1.29, 1.82) is 0 Å². The summed E-state index contributed by atoms with van der Waals surface area (Å²) in [5, 5.41) is -0.109. The Labute approximate surface area is 100 Å². The van der Waals surface area contributed by atoms with Crippen LogP contribution in [-0.4, -0.2) is 27.0 Å². The number of rotatable bonds is 2. The van der Waals surface area contributed by atoms with Crippen LogP contribution >= 0.6 is 11.6 Å². The Kier molecular flexibility index (Phi) is 3.10. The summed E-state index contributed by atoms with van der Waals surface area (Å²) in [5.74, 6) is -0.620. The standard InChI is InChI=1S/C9H6ClF2N5/c1-17(6-2-3-13-9(12)15-6)7-5(11)4-14-8(10)16-7/h2-4H,1H3. The summed E-state index contributed by atoms with van der Waals surface area (Å²) in [7, 11) is 1.48. The minimum Gasteiger partial charge on any atom is -0.311 e. The first-order valence-corrected chi connectivity index (χ1v) is 4.86. The molecule has 0 fully saturated rings. The van der Waals surface area contributed by atoms with Gasteiger partial charge in [0, 0.05) is 13.2 Å². The maximum Gasteiger partial charge on any atom is 0.310 e. The van der Waals surface area contributed by atoms with Gasteiger partial charge in [-0.15, -0.1) is 0 Å². The molecule has 0 unspecified atom stereocenters. The molecule has 0 saturated carbocycles. The van der Waals surface area contributed by atoms with E-state index in [-0.39, 0.29) is 16.9 Å². The fourth-order valence-electron chi connectivity index (χ4n) is 1.19. The van der Waals surface area contributed by atoms with Crippen molar-refractivity contribution < 1.29 is 8.78 Å². The molecular formula is C9H6ClF2N5. The zero-order valence-corrected chi connectivity index (χ0v) is 9.36. The van der Waals surface area contributed by atoms with Gasteiger partial charge >= 0.3 is 6.08 Å². The molecule has 17 heavy (non-hydrogen) atoms. The van der Waals surface area contributed by atoms with Crippen molar-refractivity contribution >= 4 is 23.2 Å². The van der Waals surface area contributed by atoms with Crippen LogP contribution in [0, 0.1) is 11.9 Å². The van der Waals surface area contributed by atoms with E-state index in [1.54, 1.807) is 0 Å². The highest BCUT2D eigenvalue weighted by Gasteiger charge is 2.14. The molecule has 2 rings (SSSR count). The Morgan fingerprint density at radius 1 is 1.24 bits per heavy atom. The zero-order valence-electron chi connectivity index (χ0n) is 8.60. The van der Waals surface area contributed by atoms with Crippen LogP contribution in [0.15, 0.2) is 18.5 Å². The van der Waals surface area contributed by atoms with E-state index in [4.69, 9.17) is 11.6 Å². The van der Waals surface area contributed by atoms with Crippen LogP contribution in [0.4, 0.5) is 20.4 Å². The van der Waals surface area contributed by atoms with E-state index in [0.29, 0.717) is 0 Å². The van der Waals surface area contributed by atoms with Crippen LogP contribution in [0.3, 0.4) is 0 Å². The number of aromatic nitrogens is 4. The average Bonchev–Trinajstić information content (AvgIpc) is 2.31. The highest BCUT2D eigenvalue weighted by molar-refractivity contribution is 6.28. The predicted molar refractivity (Wildman–Crippen MR) is 57.1 cm³/mol. The lowest BCUT2D eigenvalue weighted by molar-refractivity contribution is 0.538. The van der Waals surface area contributed by atoms with Gasteiger partial charge in [0.15, 0.2) is 11.6 Å². The Balaban J connectivity index is 2.43. The molecule has 0 aliphatic heterocycles. The van der Waals surface area contributed by atoms with Crippen LogP contribution < -0.4 is 4.90 Å². The van der Waals surface area contributed by atoms with Gasteiger partial charge in [-0.25, -0.2) is 14.4 Å². The second-order valence-corrected chi connectivity index (χ2v) is 3.39. The normalized spacial score (nSPS) is 10.4. The van der Waals surface area contributed by atoms with Gasteiger partial charge in [0.25, 0.3) is 0 Å². The first kappa shape index (κ1) is 11.6. The van der Waals surface area contributed by atoms with Crippen molar-refractivity contribution in [2.75, 3.05) is 11.9 Å². The summed E-state index contributed by atoms with van der Waals surface area (Å²) in [4.78, 5) is 15.2. The molecule has 0 bridgehead atoms. The summed E-state index contributed by atoms with van der Waals surface area (Å²) >= 11 is 5.56. The highest BCUT2D eigenvalue weighted by Crippen LogP contribution is 2.22. The molecule has 2 heterocycles. The summed E-state index contributed by atoms with van der Waals surface area (Å²) in [5.41, 5.74) is 0. The van der Waals surface area contributed by atoms with Crippen molar-refractivity contribution in [2.24, 2.45) is 0 Å². The van der Waals surface area contributed by atoms with Crippen molar-refractivity contribution in [2.45, 2.75) is 0 Å². The Morgan fingerprint density at radius 3 is 2.71 bits per heavy atom. The number of nitrogens with zero attached hydrogens (tertiary/aromatic N) is 5. The van der Waals surface area contributed by atoms with Gasteiger partial charge in [-0.2, -0.15) is 14.4 Å². The smallest absolute Gasteiger partial charge is 0.310 e. The Hall–Kier alpha value is -1.89. The summed E-state index contributed by atoms with van der Waals surface area (Å²) < 4.78 is 26.3. The van der Waals surface area contributed by atoms with E-state index in [1.807, 2.05) is 0 Å². The van der Waals surface area contributed by atoms with Crippen LogP contribution in [0.5, 0.6) is 0 Å². The van der Waals surface area contributed by atoms with E-state index in [0.717, 1.165) is 6.20 Å². The second kappa shape index (κ2) is 4.54. The van der Waals surface area contributed by atoms with E-state index in [1.165, 1.54) is 24.2 Å². The first-order chi connectivity index (χ1) is 8.08. The predicted octanol–water partition coefficient (Wildman–Crippen LogP) is 1.97. The first-order valence-electron chi connectivity index (χ1n) is 4.48. The Morgan fingerprint density at radius 2 is 2.00 bits per heavy atom. The van der Waals surface area contributed by atoms with Gasteiger partial charge in [-0.1, -0.05) is 0 Å². The van der Waals surface area contributed by atoms with E-state index in [2.05, 4.69) is 19.9 Å². The minimum absolute atomic E-state index is 0.0944. The van der Waals surface area contributed by atoms with Crippen LogP contribution in [-0.2, 0) is 0 Å². The number of anilines is 2. The molecular weight excluding hydrogens is 252 g/mol. The molecule has 0 saturated heterocycles. The quantitative estimate of drug-likeness (QED) is 0.770. The molecule has 88 valence electrons. The lowest BCUT2D eigenvalue weighted by atomic mass is 10.4. The van der Waals surface area contributed by atoms with E-state index >= 15 is 0 Å². The van der Waals surface area contributed by atoms with Crippen molar-refractivity contribution in [3.63, 3.8) is 0 Å². The monoisotopic (exact) mass is 257 g/mol. The molecule has 0 aromatic carbocycles. The van der Waals surface area contributed by atoms with Crippen molar-refractivity contribution in [1.82, 2.24) is 19.9 Å². The molecule has 0 aliphatic rings. The van der Waals surface area contributed by atoms with Crippen molar-refractivity contribution in [3.8, 4) is 0 Å². The van der Waals surface area contributed by atoms with E-state index in [9.17, 15) is 8.78 Å². The van der Waals surface area contributed by atoms with Gasteiger partial charge in [0.1, 0.15) is 5.82 Å². The molecule has 2 aromatic heterocycles. The molecule has 0 N–H and O–H groups in total. The summed E-state index contributed by atoms with van der Waals surface area (Å²) in [6, 6.07) is 1.42. The van der Waals surface area contributed by atoms with Crippen LogP contribution in [0.2, 0.25) is 5.28 Å². The van der Waals surface area contributed by atoms with Gasteiger partial charge < -0.3 is 4.90 Å². The van der Waals surface area contributed by atoms with Gasteiger partial charge in [0.05, 0.1) is 6.20 Å². The maximum absolute atomic E-state index is 13.4. The molecule has 0 spiro atoms. The van der Waals surface area contributed by atoms with Crippen LogP contribution in [0.25, 0.3) is 0 Å². The summed E-state index contributed by atoms with van der Waals surface area (Å²) in [6.07, 6.45) is 1.24. The third kappa shape index (κ3) is 2.44. The van der Waals surface area contributed by atoms with Gasteiger partial charge in [0.2, 0.25) is 5.28 Å². The third-order valence-electron chi connectivity index (χ3n) is 1.97. The fraction of sp³-hybridized carbons (Fsp3) is 0.111. The number of halogens is 3. The fourth-order valence-corrected chi connectivity index (χ4v) is 1.32. The van der Waals surface area contributed by atoms with E-state index < -0.39 is 11.9 Å². The molecule has 0 amide bonds. The molecule has 0 aliphatic carbocycles. The lowest BCUT2D eigenvalue weighted by Crippen LogP contribution is -2.15. The zero-order chi connectivity index (χ0) is 12.4. The molecule has 0 atom stereocenters. The third-order valence-corrected chi connectivity index (χ3v) is 2.15. The molecule has 2 aromatic rings. The second-order valence-electron chi connectivity index (χ2n) is 3.05. The largest absolute Gasteiger partial charge is 0.311 e. The lowest BCUT2D eigenvalue weighted by Gasteiger charge is -2.16. The van der Waals surface area contributed by atoms with Gasteiger partial charge in [-0.05, 0) is 17.7 Å². The maximum atomic E-state index is 13.4. The SMILES string of the molecule is CN(c1ccnc(F)n1)c1nc(Cl)ncc1F. The molecule has 5 nitrogen and oxygen atoms in total. The topological polar surface area (TPSA) is 54.8 Å². The Bertz CT molecular complexity index is 551. The molecule has 8 heteroatoms. The average molecular weight is 258 g/mol. The summed E-state index contributed by atoms with van der Waals surface area (Å²) in [6.45, 7) is 0. The van der Waals surface area contributed by atoms with Crippen LogP contribution in [0.1, 0.15) is 0 Å². The molecule has 0 radical (unpaired) electrons. The minimum atomic E-state index is -0.907. The number of hydrogen-bond donors (Lipinski definition) is 0. The number of hydrogen-bond acceptors (Lipinski definition) is 5. The highest BCUT2D eigenvalue weighted by atomic mass is 35.5.